The summed E-state index contributed by atoms with van der Waals surface area (Å²) in [5, 5.41) is 16.9. The number of aliphatic hydroxyl groups is 1. The van der Waals surface area contributed by atoms with E-state index in [2.05, 4.69) is 15.5 Å². The third-order valence-corrected chi connectivity index (χ3v) is 7.24. The number of aromatic nitrogens is 2. The molecule has 1 aromatic rings. The highest BCUT2D eigenvalue weighted by Crippen LogP contribution is 2.50. The average Bonchev–Trinajstić information content (AvgIpc) is 3.17. The normalized spacial score (nSPS) is 30.1. The minimum atomic E-state index is -4.70. The highest BCUT2D eigenvalue weighted by atomic mass is 19.4. The van der Waals surface area contributed by atoms with Gasteiger partial charge in [0.1, 0.15) is 5.41 Å². The molecule has 3 aliphatic rings. The van der Waals surface area contributed by atoms with Gasteiger partial charge < -0.3 is 19.8 Å². The molecule has 0 bridgehead atoms. The number of piperidine rings is 2. The third-order valence-electron chi connectivity index (χ3n) is 7.24. The number of carbonyl (C=O) groups excluding carboxylic acids is 1. The summed E-state index contributed by atoms with van der Waals surface area (Å²) in [6.45, 7) is 3.82. The van der Waals surface area contributed by atoms with Crippen LogP contribution < -0.4 is 5.32 Å². The van der Waals surface area contributed by atoms with Gasteiger partial charge in [-0.15, -0.1) is 0 Å². The molecule has 3 heterocycles. The summed E-state index contributed by atoms with van der Waals surface area (Å²) in [7, 11) is 0. The Morgan fingerprint density at radius 1 is 1.22 bits per heavy atom. The van der Waals surface area contributed by atoms with Crippen molar-refractivity contribution >= 4 is 5.91 Å². The molecular weight excluding hydrogens is 439 g/mol. The van der Waals surface area contributed by atoms with Gasteiger partial charge in [0.25, 0.3) is 0 Å². The van der Waals surface area contributed by atoms with Crippen LogP contribution in [0.2, 0.25) is 0 Å². The quantitative estimate of drug-likeness (QED) is 0.666. The summed E-state index contributed by atoms with van der Waals surface area (Å²) >= 11 is 0. The van der Waals surface area contributed by atoms with Gasteiger partial charge in [0.15, 0.2) is 5.82 Å². The summed E-state index contributed by atoms with van der Waals surface area (Å²) < 4.78 is 73.6. The number of hydrogen-bond donors (Lipinski definition) is 2. The number of rotatable bonds is 3. The minimum Gasteiger partial charge on any atom is -0.392 e. The first-order chi connectivity index (χ1) is 14.7. The van der Waals surface area contributed by atoms with E-state index >= 15 is 0 Å². The van der Waals surface area contributed by atoms with E-state index in [0.29, 0.717) is 6.54 Å². The number of halogens is 5. The van der Waals surface area contributed by atoms with Gasteiger partial charge in [-0.2, -0.15) is 18.2 Å². The van der Waals surface area contributed by atoms with Crippen LogP contribution >= 0.6 is 0 Å². The minimum absolute atomic E-state index is 0.165. The Labute approximate surface area is 181 Å². The summed E-state index contributed by atoms with van der Waals surface area (Å²) in [6, 6.07) is -0.659. The summed E-state index contributed by atoms with van der Waals surface area (Å²) in [4.78, 5) is 18.1. The van der Waals surface area contributed by atoms with E-state index in [1.54, 1.807) is 0 Å². The molecule has 180 valence electrons. The molecule has 3 fully saturated rings. The van der Waals surface area contributed by atoms with E-state index in [9.17, 15) is 31.9 Å². The molecule has 2 N–H and O–H groups in total. The predicted molar refractivity (Wildman–Crippen MR) is 101 cm³/mol. The number of hydrogen-bond acceptors (Lipinski definition) is 6. The molecule has 1 aromatic heterocycles. The lowest BCUT2D eigenvalue weighted by Gasteiger charge is -2.44. The molecule has 4 rings (SSSR count). The van der Waals surface area contributed by atoms with Crippen LogP contribution in [0.25, 0.3) is 0 Å². The van der Waals surface area contributed by atoms with Crippen LogP contribution in [0, 0.1) is 5.41 Å². The molecular formula is C20H27F5N4O3. The van der Waals surface area contributed by atoms with Gasteiger partial charge in [0.05, 0.1) is 12.1 Å². The molecule has 1 amide bonds. The van der Waals surface area contributed by atoms with Crippen molar-refractivity contribution < 1.29 is 36.4 Å². The number of nitrogens with zero attached hydrogens (tertiary/aromatic N) is 3. The Hall–Kier alpha value is -1.82. The van der Waals surface area contributed by atoms with Gasteiger partial charge in [-0.1, -0.05) is 19.0 Å². The maximum atomic E-state index is 14.1. The second kappa shape index (κ2) is 7.61. The lowest BCUT2D eigenvalue weighted by atomic mass is 9.76. The van der Waals surface area contributed by atoms with Gasteiger partial charge >= 0.3 is 6.18 Å². The van der Waals surface area contributed by atoms with E-state index in [1.165, 1.54) is 4.90 Å². The zero-order chi connectivity index (χ0) is 23.5. The second-order valence-corrected chi connectivity index (χ2v) is 10.00. The number of nitrogens with one attached hydrogen (secondary N) is 1. The van der Waals surface area contributed by atoms with Crippen molar-refractivity contribution in [2.75, 3.05) is 19.6 Å². The predicted octanol–water partition coefficient (Wildman–Crippen LogP) is 2.75. The third kappa shape index (κ3) is 4.00. The average molecular weight is 466 g/mol. The highest BCUT2D eigenvalue weighted by Gasteiger charge is 2.61. The summed E-state index contributed by atoms with van der Waals surface area (Å²) in [5.41, 5.74) is -2.80. The van der Waals surface area contributed by atoms with E-state index in [0.717, 1.165) is 0 Å². The van der Waals surface area contributed by atoms with Crippen LogP contribution in [0.15, 0.2) is 4.52 Å². The Morgan fingerprint density at radius 3 is 2.38 bits per heavy atom. The van der Waals surface area contributed by atoms with Crippen molar-refractivity contribution in [2.24, 2.45) is 5.41 Å². The molecule has 2 saturated heterocycles. The fourth-order valence-corrected chi connectivity index (χ4v) is 4.71. The van der Waals surface area contributed by atoms with E-state index < -0.39 is 72.5 Å². The lowest BCUT2D eigenvalue weighted by molar-refractivity contribution is -0.206. The maximum absolute atomic E-state index is 14.1. The van der Waals surface area contributed by atoms with Crippen molar-refractivity contribution in [1.82, 2.24) is 20.4 Å². The fraction of sp³-hybridized carbons (Fsp3) is 0.850. The SMILES string of the molecule is CC1(C)CN[C@H](C(=O)N2CCC(c3noc(C4CC(F)(F)C4)n3)(C(F)(F)F)CC2)C[C@H]1O. The van der Waals surface area contributed by atoms with Crippen molar-refractivity contribution in [3.63, 3.8) is 0 Å². The largest absolute Gasteiger partial charge is 0.401 e. The van der Waals surface area contributed by atoms with Gasteiger partial charge in [-0.3, -0.25) is 4.79 Å². The Balaban J connectivity index is 1.45. The van der Waals surface area contributed by atoms with Crippen molar-refractivity contribution in [2.45, 2.75) is 81.5 Å². The molecule has 12 heteroatoms. The molecule has 1 saturated carbocycles. The van der Waals surface area contributed by atoms with Crippen LogP contribution in [-0.2, 0) is 10.2 Å². The van der Waals surface area contributed by atoms with Crippen LogP contribution in [0.1, 0.15) is 63.6 Å². The monoisotopic (exact) mass is 466 g/mol. The van der Waals surface area contributed by atoms with Crippen LogP contribution in [0.3, 0.4) is 0 Å². The van der Waals surface area contributed by atoms with Crippen LogP contribution in [-0.4, -0.2) is 69.9 Å². The van der Waals surface area contributed by atoms with Crippen LogP contribution in [0.5, 0.6) is 0 Å². The Kier molecular flexibility index (Phi) is 5.55. The maximum Gasteiger partial charge on any atom is 0.401 e. The van der Waals surface area contributed by atoms with Crippen molar-refractivity contribution in [3.8, 4) is 0 Å². The van der Waals surface area contributed by atoms with Crippen molar-refractivity contribution in [3.05, 3.63) is 11.7 Å². The number of aliphatic hydroxyl groups excluding tert-OH is 1. The zero-order valence-corrected chi connectivity index (χ0v) is 17.9. The molecule has 0 spiro atoms. The first-order valence-corrected chi connectivity index (χ1v) is 10.7. The number of alkyl halides is 5. The molecule has 1 aliphatic carbocycles. The second-order valence-electron chi connectivity index (χ2n) is 10.00. The number of likely N-dealkylation sites (tertiary alicyclic amines) is 1. The number of amides is 1. The van der Waals surface area contributed by atoms with Gasteiger partial charge in [-0.25, -0.2) is 8.78 Å². The van der Waals surface area contributed by atoms with Crippen molar-refractivity contribution in [1.29, 1.82) is 0 Å². The highest BCUT2D eigenvalue weighted by molar-refractivity contribution is 5.82. The van der Waals surface area contributed by atoms with E-state index in [4.69, 9.17) is 4.52 Å². The molecule has 0 radical (unpaired) electrons. The first-order valence-electron chi connectivity index (χ1n) is 10.7. The van der Waals surface area contributed by atoms with Crippen LogP contribution in [0.4, 0.5) is 22.0 Å². The smallest absolute Gasteiger partial charge is 0.392 e. The topological polar surface area (TPSA) is 91.5 Å². The van der Waals surface area contributed by atoms with E-state index in [1.807, 2.05) is 13.8 Å². The summed E-state index contributed by atoms with van der Waals surface area (Å²) in [6.07, 6.45) is -7.16. The van der Waals surface area contributed by atoms with E-state index in [-0.39, 0.29) is 31.3 Å². The Morgan fingerprint density at radius 2 is 1.84 bits per heavy atom. The molecule has 7 nitrogen and oxygen atoms in total. The zero-order valence-electron chi connectivity index (χ0n) is 17.9. The molecule has 2 aliphatic heterocycles. The molecule has 0 aromatic carbocycles. The van der Waals surface area contributed by atoms with Gasteiger partial charge in [0.2, 0.25) is 17.7 Å². The Bertz CT molecular complexity index is 856. The summed E-state index contributed by atoms with van der Waals surface area (Å²) in [5.74, 6) is -4.71. The number of carbonyl (C=O) groups is 1. The molecule has 0 unspecified atom stereocenters. The molecule has 32 heavy (non-hydrogen) atoms. The lowest BCUT2D eigenvalue weighted by Crippen LogP contribution is -2.60. The standard InChI is InChI=1S/C20H27F5N4O3/c1-17(2)10-26-12(7-13(17)30)15(31)29-5-3-18(4-6-29,20(23,24)25)16-27-14(32-28-16)11-8-19(21,22)9-11/h11-13,26,30H,3-10H2,1-2H3/t12-,13+/m0/s1. The first kappa shape index (κ1) is 23.3. The van der Waals surface area contributed by atoms with Gasteiger partial charge in [0, 0.05) is 43.8 Å². The van der Waals surface area contributed by atoms with Gasteiger partial charge in [-0.05, 0) is 19.3 Å². The molecule has 2 atom stereocenters. The fourth-order valence-electron chi connectivity index (χ4n) is 4.71.